The smallest absolute Gasteiger partial charge is 0.245 e. The average molecular weight is 409 g/mol. The van der Waals surface area contributed by atoms with E-state index in [2.05, 4.69) is 16.0 Å². The Balaban J connectivity index is 2.10. The van der Waals surface area contributed by atoms with Crippen LogP contribution in [0.15, 0.2) is 0 Å². The van der Waals surface area contributed by atoms with Crippen LogP contribution in [0.1, 0.15) is 46.0 Å². The fraction of sp³-hybridized carbons (Fsp3) is 0.722. The van der Waals surface area contributed by atoms with E-state index in [1.807, 2.05) is 13.8 Å². The standard InChI is InChI=1S/C18H31N7O4/c1-18(2)9-12(26)24-13(18)15(28)23-10(5-3-7-22-17(20)21)16(29)25-8-4-6-11(25)14(19)27/h10-11,13H,3-9H2,1-2H3,(H2,19,27)(H,23,28)(H,24,26)(H4,20,21,22)/t10-,11-,13+/m0/s1. The van der Waals surface area contributed by atoms with Crippen molar-refractivity contribution >= 4 is 29.6 Å². The maximum Gasteiger partial charge on any atom is 0.245 e. The third-order valence-corrected chi connectivity index (χ3v) is 5.43. The highest BCUT2D eigenvalue weighted by Crippen LogP contribution is 2.31. The van der Waals surface area contributed by atoms with Gasteiger partial charge in [0.15, 0.2) is 5.96 Å². The van der Waals surface area contributed by atoms with Gasteiger partial charge in [-0.2, -0.15) is 0 Å². The first kappa shape index (κ1) is 22.4. The maximum absolute atomic E-state index is 13.1. The number of guanidine groups is 1. The summed E-state index contributed by atoms with van der Waals surface area (Å²) in [5.41, 5.74) is 10.1. The number of primary amides is 1. The molecule has 0 aromatic rings. The van der Waals surface area contributed by atoms with Gasteiger partial charge in [0.1, 0.15) is 18.1 Å². The predicted molar refractivity (Wildman–Crippen MR) is 105 cm³/mol. The number of hydrogen-bond acceptors (Lipinski definition) is 5. The lowest BCUT2D eigenvalue weighted by molar-refractivity contribution is -0.141. The Morgan fingerprint density at radius 1 is 1.34 bits per heavy atom. The summed E-state index contributed by atoms with van der Waals surface area (Å²) >= 11 is 0. The minimum atomic E-state index is -0.871. The summed E-state index contributed by atoms with van der Waals surface area (Å²) in [4.78, 5) is 50.8. The third-order valence-electron chi connectivity index (χ3n) is 5.43. The van der Waals surface area contributed by atoms with Gasteiger partial charge in [-0.25, -0.2) is 0 Å². The number of likely N-dealkylation sites (tertiary alicyclic amines) is 1. The lowest BCUT2D eigenvalue weighted by Gasteiger charge is -2.30. The van der Waals surface area contributed by atoms with Crippen LogP contribution in [0.4, 0.5) is 0 Å². The molecular weight excluding hydrogens is 378 g/mol. The maximum atomic E-state index is 13.1. The van der Waals surface area contributed by atoms with Crippen molar-refractivity contribution in [1.82, 2.24) is 20.9 Å². The van der Waals surface area contributed by atoms with Gasteiger partial charge in [0.2, 0.25) is 23.6 Å². The van der Waals surface area contributed by atoms with Crippen LogP contribution in [0.3, 0.4) is 0 Å². The van der Waals surface area contributed by atoms with Gasteiger partial charge in [0, 0.05) is 24.9 Å². The molecule has 0 bridgehead atoms. The summed E-state index contributed by atoms with van der Waals surface area (Å²) in [6, 6.07) is -2.30. The minimum absolute atomic E-state index is 0.180. The summed E-state index contributed by atoms with van der Waals surface area (Å²) in [5, 5.41) is 15.3. The molecule has 2 rings (SSSR count). The fourth-order valence-electron chi connectivity index (χ4n) is 3.91. The zero-order valence-electron chi connectivity index (χ0n) is 16.9. The van der Waals surface area contributed by atoms with Crippen LogP contribution in [0.2, 0.25) is 0 Å². The van der Waals surface area contributed by atoms with Crippen LogP contribution in [0, 0.1) is 10.8 Å². The van der Waals surface area contributed by atoms with Crippen molar-refractivity contribution in [2.75, 3.05) is 13.1 Å². The van der Waals surface area contributed by atoms with Crippen LogP contribution in [-0.2, 0) is 19.2 Å². The van der Waals surface area contributed by atoms with Crippen molar-refractivity contribution in [2.24, 2.45) is 16.9 Å². The van der Waals surface area contributed by atoms with E-state index in [0.717, 1.165) is 0 Å². The molecule has 0 aromatic heterocycles. The van der Waals surface area contributed by atoms with E-state index in [9.17, 15) is 19.2 Å². The summed E-state index contributed by atoms with van der Waals surface area (Å²) in [6.45, 7) is 4.38. The van der Waals surface area contributed by atoms with E-state index in [4.69, 9.17) is 16.9 Å². The number of carbonyl (C=O) groups is 4. The van der Waals surface area contributed by atoms with Crippen LogP contribution in [-0.4, -0.2) is 65.7 Å². The van der Waals surface area contributed by atoms with E-state index in [0.29, 0.717) is 32.4 Å². The van der Waals surface area contributed by atoms with Crippen LogP contribution >= 0.6 is 0 Å². The number of amides is 4. The largest absolute Gasteiger partial charge is 0.370 e. The van der Waals surface area contributed by atoms with Gasteiger partial charge in [0.05, 0.1) is 0 Å². The molecule has 0 aliphatic carbocycles. The Hall–Kier alpha value is -2.85. The van der Waals surface area contributed by atoms with Crippen molar-refractivity contribution in [3.63, 3.8) is 0 Å². The van der Waals surface area contributed by atoms with Gasteiger partial charge in [-0.3, -0.25) is 24.6 Å². The number of nitrogens with zero attached hydrogens (tertiary/aromatic N) is 1. The topological polar surface area (TPSA) is 184 Å². The summed E-state index contributed by atoms with van der Waals surface area (Å²) < 4.78 is 0. The molecule has 4 amide bonds. The SMILES string of the molecule is CC1(C)CC(=O)N[C@@H]1C(=O)N[C@@H](CCCNC(=N)N)C(=O)N1CCC[C@H]1C(N)=O. The molecule has 2 fully saturated rings. The predicted octanol–water partition coefficient (Wildman–Crippen LogP) is -1.87. The number of rotatable bonds is 8. The first-order valence-electron chi connectivity index (χ1n) is 9.80. The summed E-state index contributed by atoms with van der Waals surface area (Å²) in [5.74, 6) is -1.76. The van der Waals surface area contributed by atoms with E-state index < -0.39 is 35.4 Å². The second kappa shape index (κ2) is 9.10. The summed E-state index contributed by atoms with van der Waals surface area (Å²) in [7, 11) is 0. The quantitative estimate of drug-likeness (QED) is 0.155. The highest BCUT2D eigenvalue weighted by molar-refractivity contribution is 5.96. The molecule has 2 heterocycles. The molecule has 0 saturated carbocycles. The Morgan fingerprint density at radius 2 is 2.03 bits per heavy atom. The molecule has 29 heavy (non-hydrogen) atoms. The van der Waals surface area contributed by atoms with Crippen molar-refractivity contribution < 1.29 is 19.2 Å². The molecular formula is C18H31N7O4. The Bertz CT molecular complexity index is 694. The Kier molecular flexibility index (Phi) is 7.04. The van der Waals surface area contributed by atoms with Gasteiger partial charge in [-0.1, -0.05) is 13.8 Å². The molecule has 0 spiro atoms. The molecule has 0 unspecified atom stereocenters. The van der Waals surface area contributed by atoms with Gasteiger partial charge < -0.3 is 32.3 Å². The van der Waals surface area contributed by atoms with Gasteiger partial charge in [-0.05, 0) is 25.7 Å². The van der Waals surface area contributed by atoms with Crippen LogP contribution < -0.4 is 27.4 Å². The molecule has 8 N–H and O–H groups in total. The van der Waals surface area contributed by atoms with Crippen molar-refractivity contribution in [2.45, 2.75) is 64.1 Å². The van der Waals surface area contributed by atoms with E-state index in [-0.39, 0.29) is 30.6 Å². The molecule has 0 aromatic carbocycles. The van der Waals surface area contributed by atoms with Crippen LogP contribution in [0.5, 0.6) is 0 Å². The second-order valence-corrected chi connectivity index (χ2v) is 8.30. The molecule has 3 atom stereocenters. The first-order valence-corrected chi connectivity index (χ1v) is 9.80. The van der Waals surface area contributed by atoms with Gasteiger partial charge >= 0.3 is 0 Å². The number of carbonyl (C=O) groups excluding carboxylic acids is 4. The second-order valence-electron chi connectivity index (χ2n) is 8.30. The van der Waals surface area contributed by atoms with Crippen molar-refractivity contribution in [3.05, 3.63) is 0 Å². The van der Waals surface area contributed by atoms with Crippen molar-refractivity contribution in [1.29, 1.82) is 5.41 Å². The van der Waals surface area contributed by atoms with Crippen molar-refractivity contribution in [3.8, 4) is 0 Å². The average Bonchev–Trinajstić information content (AvgIpc) is 3.20. The van der Waals surface area contributed by atoms with Gasteiger partial charge in [0.25, 0.3) is 0 Å². The first-order chi connectivity index (χ1) is 13.5. The highest BCUT2D eigenvalue weighted by atomic mass is 16.2. The highest BCUT2D eigenvalue weighted by Gasteiger charge is 2.45. The lowest BCUT2D eigenvalue weighted by Crippen LogP contribution is -2.57. The Labute approximate surface area is 169 Å². The van der Waals surface area contributed by atoms with E-state index >= 15 is 0 Å². The molecule has 11 nitrogen and oxygen atoms in total. The number of nitrogens with two attached hydrogens (primary N) is 2. The number of nitrogens with one attached hydrogen (secondary N) is 4. The van der Waals surface area contributed by atoms with Gasteiger partial charge in [-0.15, -0.1) is 0 Å². The number of hydrogen-bond donors (Lipinski definition) is 6. The monoisotopic (exact) mass is 409 g/mol. The normalized spacial score (nSPS) is 23.9. The zero-order valence-corrected chi connectivity index (χ0v) is 16.9. The fourth-order valence-corrected chi connectivity index (χ4v) is 3.91. The minimum Gasteiger partial charge on any atom is -0.370 e. The molecule has 162 valence electrons. The molecule has 11 heteroatoms. The molecule has 2 aliphatic heterocycles. The summed E-state index contributed by atoms with van der Waals surface area (Å²) in [6.07, 6.45) is 2.14. The van der Waals surface area contributed by atoms with E-state index in [1.54, 1.807) is 0 Å². The molecule has 2 saturated heterocycles. The molecule has 2 aliphatic rings. The molecule has 0 radical (unpaired) electrons. The lowest BCUT2D eigenvalue weighted by atomic mass is 9.84. The van der Waals surface area contributed by atoms with E-state index in [1.165, 1.54) is 4.90 Å². The Morgan fingerprint density at radius 3 is 2.59 bits per heavy atom. The zero-order chi connectivity index (χ0) is 21.8. The third kappa shape index (κ3) is 5.58. The van der Waals surface area contributed by atoms with Crippen LogP contribution in [0.25, 0.3) is 0 Å².